The van der Waals surface area contributed by atoms with Crippen LogP contribution in [0.4, 0.5) is 4.79 Å². The van der Waals surface area contributed by atoms with Crippen LogP contribution in [0.15, 0.2) is 69.2 Å². The van der Waals surface area contributed by atoms with E-state index in [2.05, 4.69) is 44.4 Å². The lowest BCUT2D eigenvalue weighted by Crippen LogP contribution is -2.41. The van der Waals surface area contributed by atoms with Gasteiger partial charge in [-0.1, -0.05) is 36.4 Å². The van der Waals surface area contributed by atoms with E-state index in [0.29, 0.717) is 5.75 Å². The lowest BCUT2D eigenvalue weighted by atomic mass is 9.97. The first kappa shape index (κ1) is 26.8. The summed E-state index contributed by atoms with van der Waals surface area (Å²) in [7, 11) is 0. The minimum absolute atomic E-state index is 0.0920. The number of aryl methyl sites for hydroxylation is 1. The molecule has 1 atom stereocenters. The van der Waals surface area contributed by atoms with Crippen LogP contribution in [0.3, 0.4) is 0 Å². The van der Waals surface area contributed by atoms with E-state index in [0.717, 1.165) is 67.3 Å². The second-order valence-electron chi connectivity index (χ2n) is 9.71. The molecule has 10 heteroatoms. The van der Waals surface area contributed by atoms with E-state index < -0.39 is 18.1 Å². The highest BCUT2D eigenvalue weighted by molar-refractivity contribution is 7.99. The van der Waals surface area contributed by atoms with Gasteiger partial charge in [-0.2, -0.15) is 5.10 Å². The van der Waals surface area contributed by atoms with Crippen molar-refractivity contribution in [2.45, 2.75) is 56.1 Å². The Morgan fingerprint density at radius 2 is 1.79 bits per heavy atom. The molecule has 1 amide bonds. The van der Waals surface area contributed by atoms with Gasteiger partial charge in [-0.25, -0.2) is 9.59 Å². The lowest BCUT2D eigenvalue weighted by molar-refractivity contribution is -0.139. The molecule has 204 valence electrons. The Balaban J connectivity index is 1.18. The van der Waals surface area contributed by atoms with Crippen LogP contribution in [0.5, 0.6) is 0 Å². The summed E-state index contributed by atoms with van der Waals surface area (Å²) in [6.45, 7) is 1.82. The van der Waals surface area contributed by atoms with Gasteiger partial charge in [-0.15, -0.1) is 16.9 Å². The summed E-state index contributed by atoms with van der Waals surface area (Å²) >= 11 is 1.60. The smallest absolute Gasteiger partial charge is 0.408 e. The molecule has 1 unspecified atom stereocenters. The molecule has 0 spiro atoms. The fourth-order valence-corrected chi connectivity index (χ4v) is 6.08. The van der Waals surface area contributed by atoms with E-state index in [1.54, 1.807) is 11.8 Å². The number of nitrogens with one attached hydrogen (secondary N) is 3. The van der Waals surface area contributed by atoms with Crippen LogP contribution in [-0.2, 0) is 22.6 Å². The summed E-state index contributed by atoms with van der Waals surface area (Å²) in [6.07, 6.45) is 4.49. The Labute approximate surface area is 232 Å². The van der Waals surface area contributed by atoms with Crippen molar-refractivity contribution in [3.05, 3.63) is 70.8 Å². The van der Waals surface area contributed by atoms with E-state index in [1.807, 2.05) is 30.3 Å². The number of nitrogens with zero attached hydrogens (tertiary/aromatic N) is 2. The van der Waals surface area contributed by atoms with Gasteiger partial charge >= 0.3 is 12.1 Å². The molecule has 2 aromatic rings. The molecule has 9 nitrogen and oxygen atoms in total. The molecule has 1 heterocycles. The SMILES string of the molecule is O=C(NC(CCSc1ccc2c(c1)CCC(=NN=C1NCCN1)C1=C2CCC1)C(=O)O)OCc1ccccc1. The van der Waals surface area contributed by atoms with Crippen molar-refractivity contribution < 1.29 is 19.4 Å². The van der Waals surface area contributed by atoms with Gasteiger partial charge in [0.25, 0.3) is 0 Å². The molecule has 3 aliphatic rings. The number of carboxylic acids is 1. The van der Waals surface area contributed by atoms with Crippen molar-refractivity contribution in [1.29, 1.82) is 0 Å². The molecule has 5 rings (SSSR count). The molecule has 0 bridgehead atoms. The molecular weight excluding hydrogens is 514 g/mol. The number of alkyl carbamates (subject to hydrolysis) is 1. The predicted molar refractivity (Wildman–Crippen MR) is 153 cm³/mol. The summed E-state index contributed by atoms with van der Waals surface area (Å²) in [4.78, 5) is 25.0. The number of carboxylic acid groups (broad SMARTS) is 1. The number of guanidine groups is 1. The molecule has 4 N–H and O–H groups in total. The number of aliphatic carboxylic acids is 1. The van der Waals surface area contributed by atoms with Crippen LogP contribution in [0, 0.1) is 0 Å². The summed E-state index contributed by atoms with van der Waals surface area (Å²) in [5.41, 5.74) is 7.23. The highest BCUT2D eigenvalue weighted by Gasteiger charge is 2.26. The first-order chi connectivity index (χ1) is 19.1. The Hall–Kier alpha value is -3.79. The number of hydrogen-bond donors (Lipinski definition) is 4. The standard InChI is InChI=1S/C29H33N5O4S/c35-27(36)26(32-29(37)38-18-19-5-2-1-3-6-19)13-16-39-21-10-11-22-20(17-21)9-12-25(24-8-4-7-23(22)24)33-34-28-30-14-15-31-28/h1-3,5-6,10-11,17,26H,4,7-9,12-16,18H2,(H,32,37)(H,35,36)(H2,30,31,34). The maximum atomic E-state index is 12.2. The molecule has 0 saturated carbocycles. The third kappa shape index (κ3) is 7.00. The molecule has 1 aliphatic heterocycles. The zero-order valence-electron chi connectivity index (χ0n) is 21.7. The first-order valence-corrected chi connectivity index (χ1v) is 14.4. The van der Waals surface area contributed by atoms with E-state index >= 15 is 0 Å². The molecule has 1 saturated heterocycles. The van der Waals surface area contributed by atoms with Gasteiger partial charge in [0.05, 0.1) is 5.71 Å². The van der Waals surface area contributed by atoms with E-state index in [4.69, 9.17) is 4.74 Å². The van der Waals surface area contributed by atoms with E-state index in [-0.39, 0.29) is 13.0 Å². The van der Waals surface area contributed by atoms with Gasteiger partial charge in [0, 0.05) is 23.7 Å². The van der Waals surface area contributed by atoms with Crippen LogP contribution in [0.25, 0.3) is 5.57 Å². The molecule has 39 heavy (non-hydrogen) atoms. The maximum Gasteiger partial charge on any atom is 0.408 e. The summed E-state index contributed by atoms with van der Waals surface area (Å²) in [6, 6.07) is 14.8. The third-order valence-corrected chi connectivity index (χ3v) is 8.09. The normalized spacial score (nSPS) is 17.9. The maximum absolute atomic E-state index is 12.2. The first-order valence-electron chi connectivity index (χ1n) is 13.4. The fourth-order valence-electron chi connectivity index (χ4n) is 5.10. The van der Waals surface area contributed by atoms with Crippen molar-refractivity contribution in [2.75, 3.05) is 18.8 Å². The molecule has 2 aliphatic carbocycles. The number of ether oxygens (including phenoxy) is 1. The third-order valence-electron chi connectivity index (χ3n) is 7.06. The van der Waals surface area contributed by atoms with Crippen molar-refractivity contribution in [3.63, 3.8) is 0 Å². The lowest BCUT2D eigenvalue weighted by Gasteiger charge is -2.15. The number of benzene rings is 2. The number of amides is 1. The highest BCUT2D eigenvalue weighted by Crippen LogP contribution is 2.40. The van der Waals surface area contributed by atoms with Crippen LogP contribution in [0.1, 0.15) is 48.8 Å². The number of fused-ring (bicyclic) bond motifs is 2. The fraction of sp³-hybridized carbons (Fsp3) is 0.379. The average Bonchev–Trinajstić information content (AvgIpc) is 3.62. The number of allylic oxidation sites excluding steroid dienone is 2. The monoisotopic (exact) mass is 547 g/mol. The largest absolute Gasteiger partial charge is 0.480 e. The van der Waals surface area contributed by atoms with Gasteiger partial charge in [-0.3, -0.25) is 0 Å². The van der Waals surface area contributed by atoms with Gasteiger partial charge in [0.15, 0.2) is 0 Å². The van der Waals surface area contributed by atoms with Gasteiger partial charge < -0.3 is 25.8 Å². The molecule has 2 aromatic carbocycles. The average molecular weight is 548 g/mol. The van der Waals surface area contributed by atoms with Crippen LogP contribution >= 0.6 is 11.8 Å². The predicted octanol–water partition coefficient (Wildman–Crippen LogP) is 4.34. The number of rotatable bonds is 9. The zero-order valence-corrected chi connectivity index (χ0v) is 22.6. The topological polar surface area (TPSA) is 124 Å². The minimum atomic E-state index is -1.08. The van der Waals surface area contributed by atoms with Crippen LogP contribution in [-0.4, -0.2) is 53.7 Å². The molecule has 0 aromatic heterocycles. The Morgan fingerprint density at radius 1 is 1.00 bits per heavy atom. The number of hydrogen-bond acceptors (Lipinski definition) is 6. The van der Waals surface area contributed by atoms with Crippen molar-refractivity contribution in [3.8, 4) is 0 Å². The van der Waals surface area contributed by atoms with Crippen molar-refractivity contribution >= 4 is 41.1 Å². The minimum Gasteiger partial charge on any atom is -0.480 e. The van der Waals surface area contributed by atoms with E-state index in [1.165, 1.54) is 22.3 Å². The number of carbonyl (C=O) groups excluding carboxylic acids is 1. The van der Waals surface area contributed by atoms with Crippen LogP contribution in [0.2, 0.25) is 0 Å². The van der Waals surface area contributed by atoms with Crippen molar-refractivity contribution in [2.24, 2.45) is 10.2 Å². The van der Waals surface area contributed by atoms with Gasteiger partial charge in [0.2, 0.25) is 5.96 Å². The summed E-state index contributed by atoms with van der Waals surface area (Å²) < 4.78 is 5.19. The number of carbonyl (C=O) groups is 2. The van der Waals surface area contributed by atoms with Crippen LogP contribution < -0.4 is 16.0 Å². The van der Waals surface area contributed by atoms with Gasteiger partial charge in [0.1, 0.15) is 12.6 Å². The summed E-state index contributed by atoms with van der Waals surface area (Å²) in [5.74, 6) is 0.211. The second kappa shape index (κ2) is 12.8. The Morgan fingerprint density at radius 3 is 2.59 bits per heavy atom. The Bertz CT molecular complexity index is 1300. The molecule has 0 radical (unpaired) electrons. The zero-order chi connectivity index (χ0) is 27.0. The van der Waals surface area contributed by atoms with E-state index in [9.17, 15) is 14.7 Å². The Kier molecular flexibility index (Phi) is 8.82. The van der Waals surface area contributed by atoms with Crippen molar-refractivity contribution in [1.82, 2.24) is 16.0 Å². The molecular formula is C29H33N5O4S. The van der Waals surface area contributed by atoms with Gasteiger partial charge in [-0.05, 0) is 78.5 Å². The quantitative estimate of drug-likeness (QED) is 0.272. The highest BCUT2D eigenvalue weighted by atomic mass is 32.2. The summed E-state index contributed by atoms with van der Waals surface area (Å²) in [5, 5.41) is 27.5. The number of thioether (sulfide) groups is 1. The second-order valence-corrected chi connectivity index (χ2v) is 10.9. The molecule has 1 fully saturated rings.